The second-order valence-corrected chi connectivity index (χ2v) is 6.20. The lowest BCUT2D eigenvalue weighted by atomic mass is 10.1. The van der Waals surface area contributed by atoms with Gasteiger partial charge in [-0.3, -0.25) is 4.79 Å². The summed E-state index contributed by atoms with van der Waals surface area (Å²) in [6.07, 6.45) is 0.589. The highest BCUT2D eigenvalue weighted by molar-refractivity contribution is 6.54. The number of azo groups is 1. The molecule has 2 aliphatic heterocycles. The maximum absolute atomic E-state index is 12.4. The van der Waals surface area contributed by atoms with Crippen LogP contribution in [0, 0.1) is 6.92 Å². The van der Waals surface area contributed by atoms with Crippen LogP contribution in [-0.4, -0.2) is 24.5 Å². The predicted molar refractivity (Wildman–Crippen MR) is 97.2 cm³/mol. The van der Waals surface area contributed by atoms with Crippen molar-refractivity contribution < 1.29 is 4.79 Å². The van der Waals surface area contributed by atoms with Crippen LogP contribution in [0.4, 0.5) is 5.69 Å². The third-order valence-electron chi connectivity index (χ3n) is 4.41. The van der Waals surface area contributed by atoms with E-state index in [1.807, 2.05) is 55.5 Å². The summed E-state index contributed by atoms with van der Waals surface area (Å²) in [4.78, 5) is 14.0. The molecule has 2 aromatic carbocycles. The van der Waals surface area contributed by atoms with Crippen molar-refractivity contribution in [2.75, 3.05) is 11.9 Å². The zero-order chi connectivity index (χ0) is 17.4. The van der Waals surface area contributed by atoms with Crippen LogP contribution >= 0.6 is 0 Å². The van der Waals surface area contributed by atoms with Crippen molar-refractivity contribution in [1.82, 2.24) is 0 Å². The zero-order valence-electron chi connectivity index (χ0n) is 14.0. The van der Waals surface area contributed by atoms with E-state index in [1.165, 1.54) is 0 Å². The number of likely N-dealkylation sites (N-methyl/N-ethyl adjacent to an activating group) is 1. The monoisotopic (exact) mass is 331 g/mol. The predicted octanol–water partition coefficient (Wildman–Crippen LogP) is 3.67. The van der Waals surface area contributed by atoms with Gasteiger partial charge in [0.1, 0.15) is 6.04 Å². The second-order valence-electron chi connectivity index (χ2n) is 6.20. The number of amides is 1. The van der Waals surface area contributed by atoms with Gasteiger partial charge < -0.3 is 4.90 Å². The summed E-state index contributed by atoms with van der Waals surface area (Å²) in [5, 5.41) is 16.8. The van der Waals surface area contributed by atoms with Gasteiger partial charge in [0.05, 0.1) is 5.69 Å². The summed E-state index contributed by atoms with van der Waals surface area (Å²) in [7, 11) is 1.74. The number of benzene rings is 2. The van der Waals surface area contributed by atoms with Crippen LogP contribution in [0.2, 0.25) is 0 Å². The molecule has 0 bridgehead atoms. The van der Waals surface area contributed by atoms with Gasteiger partial charge in [0, 0.05) is 19.0 Å². The van der Waals surface area contributed by atoms with Crippen LogP contribution in [0.3, 0.4) is 0 Å². The SMILES string of the molecule is Cc1ccc2c(c1)/C(=N\N=C1/CC(c3ccccc3)N=N1)C(=O)N2C. The minimum absolute atomic E-state index is 0.0309. The summed E-state index contributed by atoms with van der Waals surface area (Å²) in [5.74, 6) is 0.386. The highest BCUT2D eigenvalue weighted by atomic mass is 16.2. The Hall–Kier alpha value is -3.15. The fraction of sp³-hybridized carbons (Fsp3) is 0.211. The van der Waals surface area contributed by atoms with E-state index < -0.39 is 0 Å². The molecule has 2 heterocycles. The first-order chi connectivity index (χ1) is 12.1. The first-order valence-corrected chi connectivity index (χ1v) is 8.13. The van der Waals surface area contributed by atoms with Gasteiger partial charge in [0.25, 0.3) is 5.91 Å². The molecule has 1 unspecified atom stereocenters. The maximum Gasteiger partial charge on any atom is 0.279 e. The van der Waals surface area contributed by atoms with Crippen LogP contribution in [0.25, 0.3) is 0 Å². The molecule has 6 nitrogen and oxygen atoms in total. The van der Waals surface area contributed by atoms with Crippen molar-refractivity contribution in [2.45, 2.75) is 19.4 Å². The molecular weight excluding hydrogens is 314 g/mol. The number of aryl methyl sites for hydroxylation is 1. The molecule has 1 amide bonds. The smallest absolute Gasteiger partial charge is 0.279 e. The molecule has 0 saturated carbocycles. The summed E-state index contributed by atoms with van der Waals surface area (Å²) in [6.45, 7) is 1.99. The van der Waals surface area contributed by atoms with Crippen molar-refractivity contribution in [3.63, 3.8) is 0 Å². The lowest BCUT2D eigenvalue weighted by molar-refractivity contribution is -0.111. The first-order valence-electron chi connectivity index (χ1n) is 8.13. The first kappa shape index (κ1) is 15.4. The number of nitrogens with zero attached hydrogens (tertiary/aromatic N) is 5. The third-order valence-corrected chi connectivity index (χ3v) is 4.41. The van der Waals surface area contributed by atoms with Crippen LogP contribution in [-0.2, 0) is 4.79 Å². The number of hydrogen-bond acceptors (Lipinski definition) is 4. The van der Waals surface area contributed by atoms with E-state index in [2.05, 4.69) is 20.4 Å². The van der Waals surface area contributed by atoms with E-state index in [-0.39, 0.29) is 11.9 Å². The zero-order valence-corrected chi connectivity index (χ0v) is 14.0. The van der Waals surface area contributed by atoms with Gasteiger partial charge in [0.2, 0.25) is 0 Å². The Morgan fingerprint density at radius 3 is 2.72 bits per heavy atom. The molecule has 2 aromatic rings. The molecule has 2 aliphatic rings. The number of anilines is 1. The van der Waals surface area contributed by atoms with Crippen molar-refractivity contribution in [2.24, 2.45) is 20.4 Å². The van der Waals surface area contributed by atoms with Gasteiger partial charge in [-0.25, -0.2) is 0 Å². The lowest BCUT2D eigenvalue weighted by Crippen LogP contribution is -2.25. The lowest BCUT2D eigenvalue weighted by Gasteiger charge is -2.08. The molecule has 0 saturated heterocycles. The fourth-order valence-corrected chi connectivity index (χ4v) is 3.03. The molecule has 6 heteroatoms. The van der Waals surface area contributed by atoms with E-state index in [0.717, 1.165) is 22.4 Å². The van der Waals surface area contributed by atoms with Crippen molar-refractivity contribution in [3.8, 4) is 0 Å². The third kappa shape index (κ3) is 2.76. The molecule has 1 atom stereocenters. The standard InChI is InChI=1S/C19H17N5O/c1-12-8-9-16-14(10-12)18(19(25)24(16)2)23-22-17-11-15(20-21-17)13-6-4-3-5-7-13/h3-10,15H,11H2,1-2H3/b22-17+,23-18+. The minimum Gasteiger partial charge on any atom is -0.309 e. The number of hydrogen-bond donors (Lipinski definition) is 0. The average Bonchev–Trinajstić information content (AvgIpc) is 3.19. The Bertz CT molecular complexity index is 930. The molecule has 0 fully saturated rings. The van der Waals surface area contributed by atoms with E-state index in [1.54, 1.807) is 11.9 Å². The second kappa shape index (κ2) is 6.05. The van der Waals surface area contributed by atoms with E-state index in [9.17, 15) is 4.79 Å². The average molecular weight is 331 g/mol. The molecule has 0 N–H and O–H groups in total. The Kier molecular flexibility index (Phi) is 3.72. The van der Waals surface area contributed by atoms with Gasteiger partial charge in [-0.05, 0) is 24.6 Å². The Morgan fingerprint density at radius 2 is 1.92 bits per heavy atom. The molecule has 25 heavy (non-hydrogen) atoms. The number of fused-ring (bicyclic) bond motifs is 1. The topological polar surface area (TPSA) is 69.7 Å². The van der Waals surface area contributed by atoms with Crippen LogP contribution in [0.5, 0.6) is 0 Å². The minimum atomic E-state index is -0.153. The summed E-state index contributed by atoms with van der Waals surface area (Å²) in [5.41, 5.74) is 4.19. The van der Waals surface area contributed by atoms with Crippen LogP contribution in [0.1, 0.15) is 29.2 Å². The Labute approximate surface area is 145 Å². The van der Waals surface area contributed by atoms with Crippen molar-refractivity contribution in [3.05, 3.63) is 65.2 Å². The molecule has 0 radical (unpaired) electrons. The summed E-state index contributed by atoms with van der Waals surface area (Å²) < 4.78 is 0. The maximum atomic E-state index is 12.4. The van der Waals surface area contributed by atoms with Gasteiger partial charge >= 0.3 is 0 Å². The highest BCUT2D eigenvalue weighted by Crippen LogP contribution is 2.30. The quantitative estimate of drug-likeness (QED) is 0.774. The molecular formula is C19H17N5O. The van der Waals surface area contributed by atoms with Gasteiger partial charge in [-0.15, -0.1) is 15.3 Å². The highest BCUT2D eigenvalue weighted by Gasteiger charge is 2.31. The molecule has 124 valence electrons. The number of carbonyl (C=O) groups is 1. The van der Waals surface area contributed by atoms with E-state index in [4.69, 9.17) is 0 Å². The number of amidine groups is 1. The fourth-order valence-electron chi connectivity index (χ4n) is 3.03. The van der Waals surface area contributed by atoms with Crippen molar-refractivity contribution in [1.29, 1.82) is 0 Å². The normalized spacial score (nSPS) is 22.2. The van der Waals surface area contributed by atoms with Gasteiger partial charge in [-0.1, -0.05) is 42.0 Å². The van der Waals surface area contributed by atoms with E-state index in [0.29, 0.717) is 18.0 Å². The molecule has 0 spiro atoms. The number of rotatable bonds is 2. The summed E-state index contributed by atoms with van der Waals surface area (Å²) in [6, 6.07) is 15.8. The Morgan fingerprint density at radius 1 is 1.12 bits per heavy atom. The van der Waals surface area contributed by atoms with Gasteiger partial charge in [-0.2, -0.15) is 5.11 Å². The molecule has 0 aromatic heterocycles. The van der Waals surface area contributed by atoms with Crippen LogP contribution in [0.15, 0.2) is 69.0 Å². The molecule has 4 rings (SSSR count). The Balaban J connectivity index is 1.61. The van der Waals surface area contributed by atoms with E-state index >= 15 is 0 Å². The molecule has 0 aliphatic carbocycles. The summed E-state index contributed by atoms with van der Waals surface area (Å²) >= 11 is 0. The largest absolute Gasteiger partial charge is 0.309 e. The van der Waals surface area contributed by atoms with Gasteiger partial charge in [0.15, 0.2) is 11.5 Å². The van der Waals surface area contributed by atoms with Crippen LogP contribution < -0.4 is 4.90 Å². The number of carbonyl (C=O) groups excluding carboxylic acids is 1. The van der Waals surface area contributed by atoms with Crippen molar-refractivity contribution >= 4 is 23.1 Å².